The van der Waals surface area contributed by atoms with Crippen LogP contribution in [0.3, 0.4) is 0 Å². The third-order valence-corrected chi connectivity index (χ3v) is 7.13. The smallest absolute Gasteiger partial charge is 0.170 e. The highest BCUT2D eigenvalue weighted by atomic mass is 35.5. The van der Waals surface area contributed by atoms with Crippen LogP contribution in [0.25, 0.3) is 5.69 Å². The molecule has 0 saturated carbocycles. The van der Waals surface area contributed by atoms with Crippen molar-refractivity contribution in [3.8, 4) is 5.69 Å². The van der Waals surface area contributed by atoms with Gasteiger partial charge in [0.1, 0.15) is 0 Å². The van der Waals surface area contributed by atoms with E-state index in [2.05, 4.69) is 44.7 Å². The van der Waals surface area contributed by atoms with Crippen molar-refractivity contribution < 1.29 is 0 Å². The molecule has 5 nitrogen and oxygen atoms in total. The van der Waals surface area contributed by atoms with Gasteiger partial charge in [-0.25, -0.2) is 0 Å². The normalized spacial score (nSPS) is 17.8. The quantitative estimate of drug-likeness (QED) is 0.318. The molecule has 0 bridgehead atoms. The molecule has 0 amide bonds. The van der Waals surface area contributed by atoms with Crippen molar-refractivity contribution in [3.63, 3.8) is 0 Å². The SMILES string of the molecule is Cc1cc([C@@H]2[C@@H](c3ccccn3)NC(=S)N2Cc2ccncc2)c(C)n1-c1ccc(Cl)cc1Cl. The van der Waals surface area contributed by atoms with E-state index in [9.17, 15) is 0 Å². The summed E-state index contributed by atoms with van der Waals surface area (Å²) >= 11 is 18.6. The van der Waals surface area contributed by atoms with E-state index < -0.39 is 0 Å². The number of hydrogen-bond donors (Lipinski definition) is 1. The zero-order valence-electron chi connectivity index (χ0n) is 18.7. The van der Waals surface area contributed by atoms with E-state index >= 15 is 0 Å². The Kier molecular flexibility index (Phi) is 6.30. The Morgan fingerprint density at radius 1 is 1.00 bits per heavy atom. The van der Waals surface area contributed by atoms with Gasteiger partial charge in [-0.3, -0.25) is 9.97 Å². The summed E-state index contributed by atoms with van der Waals surface area (Å²) in [5, 5.41) is 5.45. The van der Waals surface area contributed by atoms with Crippen LogP contribution < -0.4 is 5.32 Å². The van der Waals surface area contributed by atoms with Crippen molar-refractivity contribution in [1.82, 2.24) is 24.8 Å². The van der Waals surface area contributed by atoms with Crippen LogP contribution in [0.15, 0.2) is 73.2 Å². The van der Waals surface area contributed by atoms with Gasteiger partial charge in [-0.15, -0.1) is 0 Å². The second-order valence-electron chi connectivity index (χ2n) is 8.37. The largest absolute Gasteiger partial charge is 0.352 e. The third kappa shape index (κ3) is 4.17. The molecule has 34 heavy (non-hydrogen) atoms. The molecule has 0 unspecified atom stereocenters. The van der Waals surface area contributed by atoms with Crippen molar-refractivity contribution in [2.24, 2.45) is 0 Å². The van der Waals surface area contributed by atoms with E-state index in [1.807, 2.05) is 61.1 Å². The molecule has 1 N–H and O–H groups in total. The molecule has 3 aromatic heterocycles. The van der Waals surface area contributed by atoms with Gasteiger partial charge in [-0.1, -0.05) is 29.3 Å². The maximum atomic E-state index is 6.60. The van der Waals surface area contributed by atoms with Crippen molar-refractivity contribution in [2.45, 2.75) is 32.5 Å². The zero-order chi connectivity index (χ0) is 23.8. The Morgan fingerprint density at radius 2 is 1.79 bits per heavy atom. The highest BCUT2D eigenvalue weighted by Gasteiger charge is 2.41. The van der Waals surface area contributed by atoms with Crippen molar-refractivity contribution in [1.29, 1.82) is 0 Å². The summed E-state index contributed by atoms with van der Waals surface area (Å²) in [6.07, 6.45) is 5.43. The van der Waals surface area contributed by atoms with Gasteiger partial charge in [0.25, 0.3) is 0 Å². The standard InChI is InChI=1S/C26H23Cl2N5S/c1-16-13-20(17(2)33(16)23-7-6-19(27)14-21(23)28)25-24(22-5-3-4-10-30-22)31-26(34)32(25)15-18-8-11-29-12-9-18/h3-14,24-25H,15H2,1-2H3,(H,31,34)/t24-,25-/m1/s1. The predicted molar refractivity (Wildman–Crippen MR) is 140 cm³/mol. The molecule has 1 aromatic carbocycles. The summed E-state index contributed by atoms with van der Waals surface area (Å²) in [7, 11) is 0. The number of nitrogens with one attached hydrogen (secondary N) is 1. The zero-order valence-corrected chi connectivity index (χ0v) is 21.1. The molecular formula is C26H23Cl2N5S. The van der Waals surface area contributed by atoms with Crippen molar-refractivity contribution in [2.75, 3.05) is 0 Å². The maximum Gasteiger partial charge on any atom is 0.170 e. The Morgan fingerprint density at radius 3 is 2.50 bits per heavy atom. The van der Waals surface area contributed by atoms with E-state index in [0.29, 0.717) is 21.7 Å². The number of pyridine rings is 2. The number of rotatable bonds is 5. The summed E-state index contributed by atoms with van der Waals surface area (Å²) in [6, 6.07) is 17.7. The lowest BCUT2D eigenvalue weighted by atomic mass is 9.96. The first-order chi connectivity index (χ1) is 16.4. The number of benzene rings is 1. The second kappa shape index (κ2) is 9.37. The maximum absolute atomic E-state index is 6.60. The average molecular weight is 508 g/mol. The first kappa shape index (κ1) is 22.8. The highest BCUT2D eigenvalue weighted by Crippen LogP contribution is 2.42. The molecule has 1 aliphatic heterocycles. The number of aromatic nitrogens is 3. The molecule has 0 radical (unpaired) electrons. The van der Waals surface area contributed by atoms with E-state index in [1.165, 1.54) is 5.56 Å². The number of nitrogens with zero attached hydrogens (tertiary/aromatic N) is 4. The fraction of sp³-hybridized carbons (Fsp3) is 0.192. The number of halogens is 2. The van der Waals surface area contributed by atoms with Gasteiger partial charge in [0.2, 0.25) is 0 Å². The Balaban J connectivity index is 1.63. The first-order valence-electron chi connectivity index (χ1n) is 11.0. The van der Waals surface area contributed by atoms with E-state index in [0.717, 1.165) is 28.3 Å². The molecule has 8 heteroatoms. The summed E-state index contributed by atoms with van der Waals surface area (Å²) in [6.45, 7) is 4.87. The molecule has 0 spiro atoms. The molecule has 4 aromatic rings. The van der Waals surface area contributed by atoms with Crippen LogP contribution in [0.5, 0.6) is 0 Å². The lowest BCUT2D eigenvalue weighted by molar-refractivity contribution is 0.310. The van der Waals surface area contributed by atoms with Crippen LogP contribution in [0.2, 0.25) is 10.0 Å². The molecule has 2 atom stereocenters. The molecular weight excluding hydrogens is 485 g/mol. The van der Waals surface area contributed by atoms with Crippen LogP contribution in [0, 0.1) is 13.8 Å². The molecule has 1 aliphatic rings. The van der Waals surface area contributed by atoms with Crippen LogP contribution in [-0.2, 0) is 6.54 Å². The van der Waals surface area contributed by atoms with Gasteiger partial charge >= 0.3 is 0 Å². The summed E-state index contributed by atoms with van der Waals surface area (Å²) < 4.78 is 2.18. The molecule has 5 rings (SSSR count). The monoisotopic (exact) mass is 507 g/mol. The Bertz CT molecular complexity index is 1340. The Hall–Kier alpha value is -2.93. The van der Waals surface area contributed by atoms with Gasteiger partial charge in [0, 0.05) is 41.5 Å². The third-order valence-electron chi connectivity index (χ3n) is 6.24. The summed E-state index contributed by atoms with van der Waals surface area (Å²) in [5.41, 5.74) is 6.33. The lowest BCUT2D eigenvalue weighted by Crippen LogP contribution is -2.29. The molecule has 0 aliphatic carbocycles. The average Bonchev–Trinajstić information content (AvgIpc) is 3.30. The van der Waals surface area contributed by atoms with Gasteiger partial charge in [0.05, 0.1) is 28.5 Å². The van der Waals surface area contributed by atoms with Crippen molar-refractivity contribution in [3.05, 3.63) is 111 Å². The van der Waals surface area contributed by atoms with Gasteiger partial charge < -0.3 is 14.8 Å². The highest BCUT2D eigenvalue weighted by molar-refractivity contribution is 7.80. The number of hydrogen-bond acceptors (Lipinski definition) is 3. The topological polar surface area (TPSA) is 46.0 Å². The number of thiocarbonyl (C=S) groups is 1. The number of aryl methyl sites for hydroxylation is 1. The van der Waals surface area contributed by atoms with Crippen LogP contribution >= 0.6 is 35.4 Å². The van der Waals surface area contributed by atoms with Gasteiger partial charge in [0.15, 0.2) is 5.11 Å². The van der Waals surface area contributed by atoms with Crippen LogP contribution in [0.4, 0.5) is 0 Å². The van der Waals surface area contributed by atoms with E-state index in [1.54, 1.807) is 6.07 Å². The summed E-state index contributed by atoms with van der Waals surface area (Å²) in [4.78, 5) is 11.0. The second-order valence-corrected chi connectivity index (χ2v) is 9.60. The minimum absolute atomic E-state index is 0.0541. The molecule has 1 fully saturated rings. The first-order valence-corrected chi connectivity index (χ1v) is 12.1. The molecule has 1 saturated heterocycles. The van der Waals surface area contributed by atoms with Gasteiger partial charge in [-0.2, -0.15) is 0 Å². The lowest BCUT2D eigenvalue weighted by Gasteiger charge is -2.28. The minimum Gasteiger partial charge on any atom is -0.352 e. The van der Waals surface area contributed by atoms with E-state index in [-0.39, 0.29) is 12.1 Å². The van der Waals surface area contributed by atoms with Crippen LogP contribution in [-0.4, -0.2) is 24.5 Å². The molecule has 172 valence electrons. The Labute approximate surface area is 214 Å². The van der Waals surface area contributed by atoms with E-state index in [4.69, 9.17) is 35.4 Å². The minimum atomic E-state index is -0.0924. The van der Waals surface area contributed by atoms with Gasteiger partial charge in [-0.05, 0) is 85.7 Å². The summed E-state index contributed by atoms with van der Waals surface area (Å²) in [5.74, 6) is 0. The fourth-order valence-electron chi connectivity index (χ4n) is 4.72. The van der Waals surface area contributed by atoms with Crippen molar-refractivity contribution >= 4 is 40.5 Å². The molecule has 4 heterocycles. The fourth-order valence-corrected chi connectivity index (χ4v) is 5.52. The predicted octanol–water partition coefficient (Wildman–Crippen LogP) is 6.36. The van der Waals surface area contributed by atoms with Crippen LogP contribution in [0.1, 0.15) is 40.3 Å².